The van der Waals surface area contributed by atoms with Crippen molar-refractivity contribution in [2.24, 2.45) is 4.99 Å². The van der Waals surface area contributed by atoms with Crippen LogP contribution in [0.1, 0.15) is 25.5 Å². The Balaban J connectivity index is 0.00000243. The number of furan rings is 1. The van der Waals surface area contributed by atoms with Gasteiger partial charge in [-0.25, -0.2) is 4.98 Å². The highest BCUT2D eigenvalue weighted by atomic mass is 127. The summed E-state index contributed by atoms with van der Waals surface area (Å²) < 4.78 is 5.36. The van der Waals surface area contributed by atoms with Crippen LogP contribution < -0.4 is 15.5 Å². The molecule has 0 radical (unpaired) electrons. The zero-order chi connectivity index (χ0) is 17.3. The predicted octanol–water partition coefficient (Wildman–Crippen LogP) is 3.06. The lowest BCUT2D eigenvalue weighted by molar-refractivity contribution is 0.459. The number of aromatic nitrogens is 1. The first-order valence-electron chi connectivity index (χ1n) is 9.08. The number of piperidine rings is 1. The molecule has 1 aliphatic heterocycles. The average Bonchev–Trinajstić information content (AvgIpc) is 3.17. The molecule has 0 aromatic carbocycles. The Morgan fingerprint density at radius 3 is 2.77 bits per heavy atom. The molecule has 0 aliphatic carbocycles. The minimum absolute atomic E-state index is 0. The number of hydrogen-bond acceptors (Lipinski definition) is 4. The van der Waals surface area contributed by atoms with Crippen molar-refractivity contribution in [3.05, 3.63) is 48.6 Å². The largest absolute Gasteiger partial charge is 0.469 e. The fourth-order valence-corrected chi connectivity index (χ4v) is 3.04. The number of rotatable bonds is 6. The first kappa shape index (κ1) is 20.5. The summed E-state index contributed by atoms with van der Waals surface area (Å²) in [6.07, 6.45) is 6.55. The van der Waals surface area contributed by atoms with Gasteiger partial charge in [0.25, 0.3) is 0 Å². The third-order valence-electron chi connectivity index (χ3n) is 4.36. The highest BCUT2D eigenvalue weighted by Crippen LogP contribution is 2.17. The van der Waals surface area contributed by atoms with E-state index in [-0.39, 0.29) is 24.0 Å². The summed E-state index contributed by atoms with van der Waals surface area (Å²) in [6, 6.07) is 10.4. The van der Waals surface area contributed by atoms with E-state index in [1.54, 1.807) is 6.26 Å². The SMILES string of the molecule is CCNC(=NCCc1ccco1)NC1CCN(c2ccccn2)CC1.I. The Morgan fingerprint density at radius 2 is 2.12 bits per heavy atom. The van der Waals surface area contributed by atoms with Gasteiger partial charge >= 0.3 is 0 Å². The third-order valence-corrected chi connectivity index (χ3v) is 4.36. The van der Waals surface area contributed by atoms with Gasteiger partial charge in [0.05, 0.1) is 6.26 Å². The maximum Gasteiger partial charge on any atom is 0.191 e. The maximum atomic E-state index is 5.36. The molecule has 26 heavy (non-hydrogen) atoms. The number of guanidine groups is 1. The Morgan fingerprint density at radius 1 is 1.27 bits per heavy atom. The van der Waals surface area contributed by atoms with E-state index in [1.165, 1.54) is 0 Å². The second kappa shape index (κ2) is 11.1. The van der Waals surface area contributed by atoms with Crippen LogP contribution in [-0.4, -0.2) is 43.2 Å². The molecule has 0 unspecified atom stereocenters. The van der Waals surface area contributed by atoms with Crippen molar-refractivity contribution in [1.29, 1.82) is 0 Å². The van der Waals surface area contributed by atoms with Gasteiger partial charge in [-0.2, -0.15) is 0 Å². The van der Waals surface area contributed by atoms with Crippen LogP contribution >= 0.6 is 24.0 Å². The summed E-state index contributed by atoms with van der Waals surface area (Å²) in [5.74, 6) is 2.94. The Kier molecular flexibility index (Phi) is 8.73. The van der Waals surface area contributed by atoms with Crippen LogP contribution in [0, 0.1) is 0 Å². The molecule has 0 atom stereocenters. The van der Waals surface area contributed by atoms with Crippen molar-refractivity contribution in [2.45, 2.75) is 32.2 Å². The monoisotopic (exact) mass is 469 g/mol. The van der Waals surface area contributed by atoms with Gasteiger partial charge in [0.2, 0.25) is 0 Å². The van der Waals surface area contributed by atoms with E-state index in [4.69, 9.17) is 4.42 Å². The lowest BCUT2D eigenvalue weighted by Crippen LogP contribution is -2.49. The Hall–Kier alpha value is -1.77. The van der Waals surface area contributed by atoms with E-state index >= 15 is 0 Å². The second-order valence-corrected chi connectivity index (χ2v) is 6.18. The van der Waals surface area contributed by atoms with Gasteiger partial charge in [-0.3, -0.25) is 4.99 Å². The fraction of sp³-hybridized carbons (Fsp3) is 0.474. The van der Waals surface area contributed by atoms with E-state index < -0.39 is 0 Å². The molecular weight excluding hydrogens is 441 g/mol. The molecule has 3 heterocycles. The average molecular weight is 469 g/mol. The van der Waals surface area contributed by atoms with Crippen LogP contribution in [0.5, 0.6) is 0 Å². The van der Waals surface area contributed by atoms with E-state index in [2.05, 4.69) is 38.5 Å². The lowest BCUT2D eigenvalue weighted by atomic mass is 10.1. The molecule has 3 rings (SSSR count). The summed E-state index contributed by atoms with van der Waals surface area (Å²) >= 11 is 0. The zero-order valence-corrected chi connectivity index (χ0v) is 17.6. The predicted molar refractivity (Wildman–Crippen MR) is 116 cm³/mol. The molecule has 2 aromatic rings. The van der Waals surface area contributed by atoms with Crippen molar-refractivity contribution >= 4 is 35.8 Å². The number of hydrogen-bond donors (Lipinski definition) is 2. The molecule has 6 nitrogen and oxygen atoms in total. The van der Waals surface area contributed by atoms with E-state index in [1.807, 2.05) is 30.5 Å². The topological polar surface area (TPSA) is 65.7 Å². The summed E-state index contributed by atoms with van der Waals surface area (Å²) in [5, 5.41) is 6.91. The quantitative estimate of drug-likeness (QED) is 0.387. The van der Waals surface area contributed by atoms with Gasteiger partial charge in [0.1, 0.15) is 11.6 Å². The summed E-state index contributed by atoms with van der Waals surface area (Å²) in [4.78, 5) is 11.5. The van der Waals surface area contributed by atoms with Crippen molar-refractivity contribution in [3.63, 3.8) is 0 Å². The van der Waals surface area contributed by atoms with E-state index in [9.17, 15) is 0 Å². The summed E-state index contributed by atoms with van der Waals surface area (Å²) in [6.45, 7) is 5.70. The van der Waals surface area contributed by atoms with Gasteiger partial charge in [-0.05, 0) is 44.0 Å². The minimum Gasteiger partial charge on any atom is -0.469 e. The zero-order valence-electron chi connectivity index (χ0n) is 15.2. The van der Waals surface area contributed by atoms with Crippen LogP contribution in [0.25, 0.3) is 0 Å². The molecule has 0 amide bonds. The third kappa shape index (κ3) is 6.19. The van der Waals surface area contributed by atoms with Crippen LogP contribution in [0.4, 0.5) is 5.82 Å². The van der Waals surface area contributed by atoms with Crippen molar-refractivity contribution in [3.8, 4) is 0 Å². The molecule has 0 bridgehead atoms. The smallest absolute Gasteiger partial charge is 0.191 e. The van der Waals surface area contributed by atoms with Crippen LogP contribution in [0.2, 0.25) is 0 Å². The Bertz CT molecular complexity index is 639. The maximum absolute atomic E-state index is 5.36. The Labute approximate surface area is 172 Å². The van der Waals surface area contributed by atoms with Crippen LogP contribution in [0.15, 0.2) is 52.2 Å². The molecule has 0 saturated carbocycles. The van der Waals surface area contributed by atoms with Gasteiger partial charge in [-0.15, -0.1) is 24.0 Å². The minimum atomic E-state index is 0. The highest BCUT2D eigenvalue weighted by Gasteiger charge is 2.20. The first-order chi connectivity index (χ1) is 12.3. The van der Waals surface area contributed by atoms with Crippen LogP contribution in [-0.2, 0) is 6.42 Å². The normalized spacial score (nSPS) is 15.4. The fourth-order valence-electron chi connectivity index (χ4n) is 3.04. The molecule has 1 fully saturated rings. The second-order valence-electron chi connectivity index (χ2n) is 6.18. The molecule has 1 saturated heterocycles. The number of anilines is 1. The molecule has 142 valence electrons. The number of aliphatic imine (C=N–C) groups is 1. The molecule has 7 heteroatoms. The van der Waals surface area contributed by atoms with Crippen molar-refractivity contribution < 1.29 is 4.42 Å². The summed E-state index contributed by atoms with van der Waals surface area (Å²) in [7, 11) is 0. The molecule has 1 aliphatic rings. The van der Waals surface area contributed by atoms with Crippen LogP contribution in [0.3, 0.4) is 0 Å². The molecular formula is C19H28IN5O. The van der Waals surface area contributed by atoms with Gasteiger partial charge in [-0.1, -0.05) is 6.07 Å². The lowest BCUT2D eigenvalue weighted by Gasteiger charge is -2.33. The van der Waals surface area contributed by atoms with E-state index in [0.717, 1.165) is 63.0 Å². The molecule has 2 N–H and O–H groups in total. The number of nitrogens with zero attached hydrogens (tertiary/aromatic N) is 3. The van der Waals surface area contributed by atoms with Gasteiger partial charge in [0, 0.05) is 44.8 Å². The number of nitrogens with one attached hydrogen (secondary N) is 2. The van der Waals surface area contributed by atoms with E-state index in [0.29, 0.717) is 6.04 Å². The number of halogens is 1. The van der Waals surface area contributed by atoms with Gasteiger partial charge < -0.3 is 20.0 Å². The summed E-state index contributed by atoms with van der Waals surface area (Å²) in [5.41, 5.74) is 0. The molecule has 2 aromatic heterocycles. The highest BCUT2D eigenvalue weighted by molar-refractivity contribution is 14.0. The van der Waals surface area contributed by atoms with Gasteiger partial charge in [0.15, 0.2) is 5.96 Å². The number of pyridine rings is 1. The van der Waals surface area contributed by atoms with Crippen molar-refractivity contribution in [1.82, 2.24) is 15.6 Å². The molecule has 0 spiro atoms. The first-order valence-corrected chi connectivity index (χ1v) is 9.08. The van der Waals surface area contributed by atoms with Crippen molar-refractivity contribution in [2.75, 3.05) is 31.1 Å². The standard InChI is InChI=1S/C19H27N5O.HI/c1-2-20-19(22-12-8-17-6-5-15-25-17)23-16-9-13-24(14-10-16)18-7-3-4-11-21-18;/h3-7,11,15-16H,2,8-10,12-14H2,1H3,(H2,20,22,23);1H.